The third-order valence-corrected chi connectivity index (χ3v) is 5.70. The number of tetrazole rings is 1. The predicted octanol–water partition coefficient (Wildman–Crippen LogP) is 2.01. The Bertz CT molecular complexity index is 943. The summed E-state index contributed by atoms with van der Waals surface area (Å²) in [6.07, 6.45) is -6.13. The molecule has 0 radical (unpaired) electrons. The molecule has 0 unspecified atom stereocenters. The van der Waals surface area contributed by atoms with Crippen molar-refractivity contribution < 1.29 is 26.4 Å². The van der Waals surface area contributed by atoms with Crippen molar-refractivity contribution in [2.75, 3.05) is 11.1 Å². The Morgan fingerprint density at radius 3 is 2.50 bits per heavy atom. The Hall–Kier alpha value is -2.21. The number of benzene rings is 1. The van der Waals surface area contributed by atoms with E-state index in [0.29, 0.717) is 0 Å². The zero-order valence-electron chi connectivity index (χ0n) is 13.5. The van der Waals surface area contributed by atoms with Crippen molar-refractivity contribution in [1.29, 1.82) is 0 Å². The van der Waals surface area contributed by atoms with Crippen LogP contribution in [0, 0.1) is 0 Å². The van der Waals surface area contributed by atoms with Gasteiger partial charge in [0.2, 0.25) is 5.95 Å². The molecule has 0 atom stereocenters. The lowest BCUT2D eigenvalue weighted by Crippen LogP contribution is -2.20. The molecule has 1 aromatic heterocycles. The van der Waals surface area contributed by atoms with Gasteiger partial charge in [0.1, 0.15) is 0 Å². The molecule has 142 valence electrons. The molecule has 1 N–H and O–H groups in total. The van der Waals surface area contributed by atoms with Gasteiger partial charge in [-0.2, -0.15) is 13.2 Å². The van der Waals surface area contributed by atoms with Crippen molar-refractivity contribution >= 4 is 33.3 Å². The van der Waals surface area contributed by atoms with E-state index in [1.807, 2.05) is 0 Å². The number of nitrogens with one attached hydrogen (secondary N) is 1. The molecule has 2 aromatic rings. The molecule has 0 aliphatic rings. The molecule has 13 heteroatoms. The van der Waals surface area contributed by atoms with E-state index in [-0.39, 0.29) is 11.5 Å². The van der Waals surface area contributed by atoms with E-state index < -0.39 is 49.6 Å². The van der Waals surface area contributed by atoms with E-state index in [0.717, 1.165) is 16.8 Å². The molecular formula is C13H13ClF3N5O3S. The zero-order chi connectivity index (χ0) is 19.7. The molecule has 0 saturated heterocycles. The van der Waals surface area contributed by atoms with Gasteiger partial charge in [-0.3, -0.25) is 10.1 Å². The van der Waals surface area contributed by atoms with Gasteiger partial charge < -0.3 is 0 Å². The number of alkyl halides is 3. The molecule has 26 heavy (non-hydrogen) atoms. The smallest absolute Gasteiger partial charge is 0.289 e. The molecule has 1 aromatic carbocycles. The number of hydrogen-bond acceptors (Lipinski definition) is 6. The van der Waals surface area contributed by atoms with Crippen LogP contribution < -0.4 is 5.32 Å². The van der Waals surface area contributed by atoms with Crippen LogP contribution in [0.5, 0.6) is 0 Å². The molecule has 8 nitrogen and oxygen atoms in total. The first kappa shape index (κ1) is 20.1. The minimum absolute atomic E-state index is 0.0506. The van der Waals surface area contributed by atoms with Crippen molar-refractivity contribution in [3.8, 4) is 0 Å². The number of carbonyl (C=O) groups is 1. The first-order valence-corrected chi connectivity index (χ1v) is 9.14. The van der Waals surface area contributed by atoms with E-state index in [9.17, 15) is 26.4 Å². The first-order valence-electron chi connectivity index (χ1n) is 7.11. The minimum atomic E-state index is -4.64. The third kappa shape index (κ3) is 4.30. The summed E-state index contributed by atoms with van der Waals surface area (Å²) >= 11 is 6.02. The fourth-order valence-corrected chi connectivity index (χ4v) is 3.95. The maximum atomic E-state index is 12.8. The zero-order valence-corrected chi connectivity index (χ0v) is 15.1. The number of hydrogen-bond donors (Lipinski definition) is 1. The number of nitrogens with zero attached hydrogens (tertiary/aromatic N) is 4. The van der Waals surface area contributed by atoms with E-state index in [2.05, 4.69) is 20.8 Å². The summed E-state index contributed by atoms with van der Waals surface area (Å²) in [6.45, 7) is 1.26. The Kier molecular flexibility index (Phi) is 5.56. The lowest BCUT2D eigenvalue weighted by molar-refractivity contribution is -0.127. The molecule has 0 fully saturated rings. The maximum absolute atomic E-state index is 12.8. The van der Waals surface area contributed by atoms with Gasteiger partial charge in [-0.1, -0.05) is 29.7 Å². The highest BCUT2D eigenvalue weighted by molar-refractivity contribution is 7.91. The summed E-state index contributed by atoms with van der Waals surface area (Å²) in [4.78, 5) is 11.6. The van der Waals surface area contributed by atoms with E-state index >= 15 is 0 Å². The van der Waals surface area contributed by atoms with Gasteiger partial charge in [-0.15, -0.1) is 0 Å². The normalized spacial score (nSPS) is 12.2. The monoisotopic (exact) mass is 411 g/mol. The molecule has 0 aliphatic carbocycles. The van der Waals surface area contributed by atoms with Gasteiger partial charge in [-0.05, 0) is 22.1 Å². The number of amides is 1. The standard InChI is InChI=1S/C13H13ClF3N5O3S/c1-3-26(24,25)10-7(6-13(15,16)17)4-5-8(9(10)14)11(23)18-12-19-20-21-22(12)2/h4-5H,3,6H2,1-2H3,(H,18,19,21,23). The topological polar surface area (TPSA) is 107 Å². The Morgan fingerprint density at radius 1 is 1.35 bits per heavy atom. The van der Waals surface area contributed by atoms with Gasteiger partial charge in [0.05, 0.1) is 27.7 Å². The maximum Gasteiger partial charge on any atom is 0.393 e. The Balaban J connectivity index is 2.54. The molecule has 0 bridgehead atoms. The second kappa shape index (κ2) is 7.19. The molecule has 0 saturated carbocycles. The largest absolute Gasteiger partial charge is 0.393 e. The minimum Gasteiger partial charge on any atom is -0.289 e. The van der Waals surface area contributed by atoms with Gasteiger partial charge in [0, 0.05) is 7.05 Å². The molecule has 0 spiro atoms. The van der Waals surface area contributed by atoms with Crippen LogP contribution in [-0.2, 0) is 23.3 Å². The number of aryl methyl sites for hydroxylation is 1. The van der Waals surface area contributed by atoms with Crippen LogP contribution in [0.15, 0.2) is 17.0 Å². The summed E-state index contributed by atoms with van der Waals surface area (Å²) < 4.78 is 63.9. The molecule has 2 rings (SSSR count). The fraction of sp³-hybridized carbons (Fsp3) is 0.385. The number of sulfone groups is 1. The first-order chi connectivity index (χ1) is 12.0. The number of rotatable bonds is 5. The van der Waals surface area contributed by atoms with Crippen molar-refractivity contribution in [3.63, 3.8) is 0 Å². The molecule has 0 aliphatic heterocycles. The predicted molar refractivity (Wildman–Crippen MR) is 85.7 cm³/mol. The van der Waals surface area contributed by atoms with Gasteiger partial charge in [0.25, 0.3) is 5.91 Å². The molecular weight excluding hydrogens is 399 g/mol. The van der Waals surface area contributed by atoms with Crippen LogP contribution in [-0.4, -0.2) is 46.5 Å². The van der Waals surface area contributed by atoms with Crippen molar-refractivity contribution in [1.82, 2.24) is 20.2 Å². The average Bonchev–Trinajstić information content (AvgIpc) is 2.90. The van der Waals surface area contributed by atoms with Crippen LogP contribution in [0.4, 0.5) is 19.1 Å². The van der Waals surface area contributed by atoms with Gasteiger partial charge in [-0.25, -0.2) is 13.1 Å². The van der Waals surface area contributed by atoms with Gasteiger partial charge >= 0.3 is 6.18 Å². The summed E-state index contributed by atoms with van der Waals surface area (Å²) in [5, 5.41) is 12.0. The van der Waals surface area contributed by atoms with Crippen molar-refractivity contribution in [3.05, 3.63) is 28.3 Å². The van der Waals surface area contributed by atoms with Crippen LogP contribution in [0.25, 0.3) is 0 Å². The van der Waals surface area contributed by atoms with Crippen molar-refractivity contribution in [2.24, 2.45) is 7.05 Å². The lowest BCUT2D eigenvalue weighted by Gasteiger charge is -2.15. The summed E-state index contributed by atoms with van der Waals surface area (Å²) in [5.74, 6) is -1.39. The van der Waals surface area contributed by atoms with E-state index in [1.165, 1.54) is 14.0 Å². The highest BCUT2D eigenvalue weighted by Gasteiger charge is 2.33. The Labute approximate surface area is 151 Å². The van der Waals surface area contributed by atoms with Crippen LogP contribution in [0.1, 0.15) is 22.8 Å². The van der Waals surface area contributed by atoms with E-state index in [4.69, 9.17) is 11.6 Å². The highest BCUT2D eigenvalue weighted by atomic mass is 35.5. The van der Waals surface area contributed by atoms with Crippen molar-refractivity contribution in [2.45, 2.75) is 24.4 Å². The second-order valence-electron chi connectivity index (χ2n) is 5.19. The molecule has 1 amide bonds. The van der Waals surface area contributed by atoms with Crippen LogP contribution in [0.2, 0.25) is 5.02 Å². The average molecular weight is 412 g/mol. The molecule has 1 heterocycles. The summed E-state index contributed by atoms with van der Waals surface area (Å²) in [5.41, 5.74) is -0.839. The number of anilines is 1. The highest BCUT2D eigenvalue weighted by Crippen LogP contribution is 2.34. The van der Waals surface area contributed by atoms with Crippen LogP contribution in [0.3, 0.4) is 0 Å². The number of aromatic nitrogens is 4. The lowest BCUT2D eigenvalue weighted by atomic mass is 10.1. The number of carbonyl (C=O) groups excluding carboxylic acids is 1. The summed E-state index contributed by atoms with van der Waals surface area (Å²) in [6, 6.07) is 1.95. The quantitative estimate of drug-likeness (QED) is 0.806. The Morgan fingerprint density at radius 2 is 2.00 bits per heavy atom. The fourth-order valence-electron chi connectivity index (χ4n) is 2.11. The number of halogens is 4. The summed E-state index contributed by atoms with van der Waals surface area (Å²) in [7, 11) is -2.67. The van der Waals surface area contributed by atoms with Gasteiger partial charge in [0.15, 0.2) is 9.84 Å². The van der Waals surface area contributed by atoms with Crippen LogP contribution >= 0.6 is 11.6 Å². The second-order valence-corrected chi connectivity index (χ2v) is 7.78. The van der Waals surface area contributed by atoms with E-state index in [1.54, 1.807) is 0 Å². The SMILES string of the molecule is CCS(=O)(=O)c1c(CC(F)(F)F)ccc(C(=O)Nc2nnnn2C)c1Cl. The third-order valence-electron chi connectivity index (χ3n) is 3.35.